The summed E-state index contributed by atoms with van der Waals surface area (Å²) in [5.41, 5.74) is -0.793. The number of nitro benzene ring substituents is 1. The molecule has 1 heterocycles. The number of hydrogen-bond donors (Lipinski definition) is 1. The van der Waals surface area contributed by atoms with Gasteiger partial charge in [0.1, 0.15) is 11.7 Å². The van der Waals surface area contributed by atoms with E-state index in [2.05, 4.69) is 5.32 Å². The first-order chi connectivity index (χ1) is 9.45. The van der Waals surface area contributed by atoms with Gasteiger partial charge in [0, 0.05) is 0 Å². The molecule has 0 spiro atoms. The standard InChI is InChI=1S/C12H12FN3O4/c1-2-8-12(18)14-10(17)6-15(8)9-5-3-4-7(13)11(9)16(19)20/h3-5,8H,2,6H2,1H3,(H,14,17,18). The molecule has 1 N–H and O–H groups in total. The number of carbonyl (C=O) groups is 2. The zero-order valence-corrected chi connectivity index (χ0v) is 10.6. The first kappa shape index (κ1) is 13.9. The van der Waals surface area contributed by atoms with Crippen molar-refractivity contribution in [3.8, 4) is 0 Å². The van der Waals surface area contributed by atoms with Gasteiger partial charge in [-0.05, 0) is 18.6 Å². The van der Waals surface area contributed by atoms with Gasteiger partial charge in [-0.25, -0.2) is 0 Å². The maximum Gasteiger partial charge on any atom is 0.327 e. The van der Waals surface area contributed by atoms with E-state index in [4.69, 9.17) is 0 Å². The Hall–Kier alpha value is -2.51. The van der Waals surface area contributed by atoms with Crippen molar-refractivity contribution >= 4 is 23.2 Å². The molecule has 8 heteroatoms. The van der Waals surface area contributed by atoms with E-state index < -0.39 is 34.3 Å². The molecule has 1 aromatic rings. The van der Waals surface area contributed by atoms with Crippen LogP contribution in [0.4, 0.5) is 15.8 Å². The minimum absolute atomic E-state index is 0.0648. The number of hydrogen-bond acceptors (Lipinski definition) is 5. The lowest BCUT2D eigenvalue weighted by atomic mass is 10.1. The van der Waals surface area contributed by atoms with Crippen LogP contribution in [0.1, 0.15) is 13.3 Å². The normalized spacial score (nSPS) is 18.9. The molecule has 1 aliphatic rings. The van der Waals surface area contributed by atoms with Gasteiger partial charge in [0.25, 0.3) is 0 Å². The SMILES string of the molecule is CCC1C(=O)NC(=O)CN1c1cccc(F)c1[N+](=O)[O-]. The van der Waals surface area contributed by atoms with E-state index in [1.807, 2.05) is 0 Å². The van der Waals surface area contributed by atoms with Crippen molar-refractivity contribution in [2.75, 3.05) is 11.4 Å². The topological polar surface area (TPSA) is 92.6 Å². The number of anilines is 1. The number of piperazine rings is 1. The molecule has 1 unspecified atom stereocenters. The van der Waals surface area contributed by atoms with Crippen LogP contribution in [0, 0.1) is 15.9 Å². The molecule has 0 aliphatic carbocycles. The molecule has 1 atom stereocenters. The van der Waals surface area contributed by atoms with Crippen molar-refractivity contribution in [1.82, 2.24) is 5.32 Å². The fourth-order valence-corrected chi connectivity index (χ4v) is 2.24. The third-order valence-electron chi connectivity index (χ3n) is 3.10. The Bertz CT molecular complexity index is 590. The van der Waals surface area contributed by atoms with Crippen LogP contribution in [0.25, 0.3) is 0 Å². The average molecular weight is 281 g/mol. The van der Waals surface area contributed by atoms with Gasteiger partial charge in [-0.3, -0.25) is 25.0 Å². The van der Waals surface area contributed by atoms with Crippen LogP contribution in [0.2, 0.25) is 0 Å². The lowest BCUT2D eigenvalue weighted by Gasteiger charge is -2.34. The highest BCUT2D eigenvalue weighted by Gasteiger charge is 2.36. The summed E-state index contributed by atoms with van der Waals surface area (Å²) in [5, 5.41) is 13.2. The van der Waals surface area contributed by atoms with E-state index in [9.17, 15) is 24.1 Å². The van der Waals surface area contributed by atoms with Crippen LogP contribution >= 0.6 is 0 Å². The quantitative estimate of drug-likeness (QED) is 0.506. The number of halogens is 1. The second-order valence-electron chi connectivity index (χ2n) is 4.33. The first-order valence-electron chi connectivity index (χ1n) is 5.99. The fraction of sp³-hybridized carbons (Fsp3) is 0.333. The minimum atomic E-state index is -0.999. The van der Waals surface area contributed by atoms with Crippen molar-refractivity contribution in [3.63, 3.8) is 0 Å². The van der Waals surface area contributed by atoms with Crippen molar-refractivity contribution < 1.29 is 18.9 Å². The Balaban J connectivity index is 2.53. The molecule has 1 saturated heterocycles. The van der Waals surface area contributed by atoms with Crippen LogP contribution in [0.15, 0.2) is 18.2 Å². The van der Waals surface area contributed by atoms with Crippen LogP contribution in [0.5, 0.6) is 0 Å². The Kier molecular flexibility index (Phi) is 3.64. The second kappa shape index (κ2) is 5.24. The lowest BCUT2D eigenvalue weighted by Crippen LogP contribution is -2.58. The van der Waals surface area contributed by atoms with Gasteiger partial charge in [0.15, 0.2) is 0 Å². The van der Waals surface area contributed by atoms with Crippen LogP contribution in [0.3, 0.4) is 0 Å². The Morgan fingerprint density at radius 1 is 1.50 bits per heavy atom. The van der Waals surface area contributed by atoms with E-state index in [0.717, 1.165) is 6.07 Å². The number of benzene rings is 1. The molecule has 20 heavy (non-hydrogen) atoms. The smallest absolute Gasteiger partial charge is 0.327 e. The molecule has 0 bridgehead atoms. The van der Waals surface area contributed by atoms with Gasteiger partial charge in [-0.2, -0.15) is 4.39 Å². The molecule has 2 rings (SSSR count). The molecule has 1 fully saturated rings. The summed E-state index contributed by atoms with van der Waals surface area (Å²) in [6, 6.07) is 2.86. The molecular weight excluding hydrogens is 269 g/mol. The van der Waals surface area contributed by atoms with E-state index >= 15 is 0 Å². The molecule has 2 amide bonds. The summed E-state index contributed by atoms with van der Waals surface area (Å²) in [6.07, 6.45) is 0.340. The maximum absolute atomic E-state index is 13.6. The van der Waals surface area contributed by atoms with Crippen LogP contribution in [-0.4, -0.2) is 29.3 Å². The molecule has 7 nitrogen and oxygen atoms in total. The van der Waals surface area contributed by atoms with Gasteiger partial charge in [0.2, 0.25) is 17.6 Å². The molecule has 0 aromatic heterocycles. The van der Waals surface area contributed by atoms with Gasteiger partial charge in [0.05, 0.1) is 11.5 Å². The maximum atomic E-state index is 13.6. The summed E-state index contributed by atoms with van der Waals surface area (Å²) in [4.78, 5) is 34.6. The number of nitro groups is 1. The zero-order valence-electron chi connectivity index (χ0n) is 10.6. The van der Waals surface area contributed by atoms with Crippen LogP contribution < -0.4 is 10.2 Å². The molecule has 1 aromatic carbocycles. The third kappa shape index (κ3) is 2.31. The molecular formula is C12H12FN3O4. The Labute approximate surface area is 113 Å². The Morgan fingerprint density at radius 3 is 2.80 bits per heavy atom. The van der Waals surface area contributed by atoms with Crippen molar-refractivity contribution in [2.45, 2.75) is 19.4 Å². The predicted octanol–water partition coefficient (Wildman–Crippen LogP) is 0.975. The van der Waals surface area contributed by atoms with Gasteiger partial charge < -0.3 is 4.90 Å². The van der Waals surface area contributed by atoms with E-state index in [0.29, 0.717) is 6.42 Å². The highest BCUT2D eigenvalue weighted by Crippen LogP contribution is 2.33. The zero-order chi connectivity index (χ0) is 14.9. The highest BCUT2D eigenvalue weighted by atomic mass is 19.1. The van der Waals surface area contributed by atoms with Gasteiger partial charge >= 0.3 is 5.69 Å². The molecule has 1 aliphatic heterocycles. The van der Waals surface area contributed by atoms with E-state index in [1.165, 1.54) is 17.0 Å². The molecule has 0 radical (unpaired) electrons. The number of para-hydroxylation sites is 1. The number of carbonyl (C=O) groups excluding carboxylic acids is 2. The second-order valence-corrected chi connectivity index (χ2v) is 4.33. The summed E-state index contributed by atoms with van der Waals surface area (Å²) < 4.78 is 13.6. The van der Waals surface area contributed by atoms with Crippen molar-refractivity contribution in [2.24, 2.45) is 0 Å². The van der Waals surface area contributed by atoms with Gasteiger partial charge in [-0.1, -0.05) is 13.0 Å². The summed E-state index contributed by atoms with van der Waals surface area (Å²) in [7, 11) is 0. The number of nitrogens with one attached hydrogen (secondary N) is 1. The monoisotopic (exact) mass is 281 g/mol. The lowest BCUT2D eigenvalue weighted by molar-refractivity contribution is -0.386. The number of nitrogens with zero attached hydrogens (tertiary/aromatic N) is 2. The molecule has 0 saturated carbocycles. The fourth-order valence-electron chi connectivity index (χ4n) is 2.24. The predicted molar refractivity (Wildman–Crippen MR) is 67.6 cm³/mol. The van der Waals surface area contributed by atoms with E-state index in [-0.39, 0.29) is 12.2 Å². The largest absolute Gasteiger partial charge is 0.345 e. The molecule has 106 valence electrons. The average Bonchev–Trinajstić information content (AvgIpc) is 2.37. The minimum Gasteiger partial charge on any atom is -0.345 e. The van der Waals surface area contributed by atoms with Gasteiger partial charge in [-0.15, -0.1) is 0 Å². The van der Waals surface area contributed by atoms with E-state index in [1.54, 1.807) is 6.92 Å². The number of rotatable bonds is 3. The summed E-state index contributed by atoms with van der Waals surface area (Å²) in [6.45, 7) is 1.48. The summed E-state index contributed by atoms with van der Waals surface area (Å²) in [5.74, 6) is -2.11. The third-order valence-corrected chi connectivity index (χ3v) is 3.10. The van der Waals surface area contributed by atoms with Crippen LogP contribution in [-0.2, 0) is 9.59 Å². The highest BCUT2D eigenvalue weighted by molar-refractivity contribution is 6.05. The number of imide groups is 1. The Morgan fingerprint density at radius 2 is 2.20 bits per heavy atom. The first-order valence-corrected chi connectivity index (χ1v) is 5.99. The number of amides is 2. The van der Waals surface area contributed by atoms with Crippen molar-refractivity contribution in [3.05, 3.63) is 34.1 Å². The van der Waals surface area contributed by atoms with Crippen molar-refractivity contribution in [1.29, 1.82) is 0 Å². The summed E-state index contributed by atoms with van der Waals surface area (Å²) >= 11 is 0.